The molecule has 4 heteroatoms. The first-order valence-electron chi connectivity index (χ1n) is 7.95. The fourth-order valence-corrected chi connectivity index (χ4v) is 2.07. The Kier molecular flexibility index (Phi) is 8.51. The number of carbonyl (C=O) groups excluding carboxylic acids is 1. The zero-order valence-corrected chi connectivity index (χ0v) is 13.5. The first-order chi connectivity index (χ1) is 10.2. The van der Waals surface area contributed by atoms with Crippen molar-refractivity contribution in [2.75, 3.05) is 32.8 Å². The highest BCUT2D eigenvalue weighted by Gasteiger charge is 2.11. The summed E-state index contributed by atoms with van der Waals surface area (Å²) < 4.78 is 5.70. The molecular formula is C17H28N2O2. The van der Waals surface area contributed by atoms with Crippen molar-refractivity contribution >= 4 is 5.91 Å². The lowest BCUT2D eigenvalue weighted by Gasteiger charge is -2.18. The number of hydrogen-bond donors (Lipinski definition) is 1. The third kappa shape index (κ3) is 6.17. The molecular weight excluding hydrogens is 264 g/mol. The molecule has 1 aromatic rings. The quantitative estimate of drug-likeness (QED) is 0.674. The second-order valence-corrected chi connectivity index (χ2v) is 4.98. The lowest BCUT2D eigenvalue weighted by molar-refractivity contribution is 0.0945. The van der Waals surface area contributed by atoms with Crippen LogP contribution >= 0.6 is 0 Å². The van der Waals surface area contributed by atoms with E-state index in [0.29, 0.717) is 24.5 Å². The van der Waals surface area contributed by atoms with Crippen LogP contribution in [0.4, 0.5) is 0 Å². The lowest BCUT2D eigenvalue weighted by Crippen LogP contribution is -2.34. The molecule has 0 saturated heterocycles. The molecule has 0 heterocycles. The number of amides is 1. The number of unbranched alkanes of at least 4 members (excludes halogenated alkanes) is 1. The monoisotopic (exact) mass is 292 g/mol. The van der Waals surface area contributed by atoms with Crippen molar-refractivity contribution in [3.8, 4) is 5.75 Å². The van der Waals surface area contributed by atoms with Gasteiger partial charge in [0.05, 0.1) is 12.2 Å². The van der Waals surface area contributed by atoms with E-state index in [4.69, 9.17) is 4.74 Å². The number of likely N-dealkylation sites (N-methyl/N-ethyl adjacent to an activating group) is 1. The van der Waals surface area contributed by atoms with Crippen LogP contribution in [0, 0.1) is 0 Å². The summed E-state index contributed by atoms with van der Waals surface area (Å²) in [4.78, 5) is 14.5. The van der Waals surface area contributed by atoms with E-state index in [2.05, 4.69) is 31.0 Å². The number of benzene rings is 1. The number of nitrogens with zero attached hydrogens (tertiary/aromatic N) is 1. The summed E-state index contributed by atoms with van der Waals surface area (Å²) in [6.07, 6.45) is 2.08. The van der Waals surface area contributed by atoms with E-state index >= 15 is 0 Å². The smallest absolute Gasteiger partial charge is 0.255 e. The van der Waals surface area contributed by atoms with Crippen molar-refractivity contribution in [1.29, 1.82) is 0 Å². The topological polar surface area (TPSA) is 41.6 Å². The van der Waals surface area contributed by atoms with Crippen LogP contribution in [0.25, 0.3) is 0 Å². The van der Waals surface area contributed by atoms with E-state index in [1.165, 1.54) is 0 Å². The summed E-state index contributed by atoms with van der Waals surface area (Å²) in [6, 6.07) is 7.43. The molecule has 4 nitrogen and oxygen atoms in total. The fraction of sp³-hybridized carbons (Fsp3) is 0.588. The van der Waals surface area contributed by atoms with Crippen LogP contribution in [0.2, 0.25) is 0 Å². The van der Waals surface area contributed by atoms with Crippen molar-refractivity contribution in [2.24, 2.45) is 0 Å². The van der Waals surface area contributed by atoms with E-state index in [1.54, 1.807) is 0 Å². The third-order valence-electron chi connectivity index (χ3n) is 3.50. The minimum Gasteiger partial charge on any atom is -0.493 e. The number of hydrogen-bond acceptors (Lipinski definition) is 3. The second kappa shape index (κ2) is 10.2. The van der Waals surface area contributed by atoms with Crippen molar-refractivity contribution < 1.29 is 9.53 Å². The van der Waals surface area contributed by atoms with Crippen LogP contribution in [0.3, 0.4) is 0 Å². The summed E-state index contributed by atoms with van der Waals surface area (Å²) in [7, 11) is 0. The molecule has 0 aliphatic heterocycles. The van der Waals surface area contributed by atoms with Gasteiger partial charge in [0.1, 0.15) is 5.75 Å². The molecule has 1 aromatic carbocycles. The Morgan fingerprint density at radius 1 is 1.19 bits per heavy atom. The molecule has 0 fully saturated rings. The summed E-state index contributed by atoms with van der Waals surface area (Å²) in [5.74, 6) is 0.612. The summed E-state index contributed by atoms with van der Waals surface area (Å²) in [6.45, 7) is 10.6. The predicted octanol–water partition coefficient (Wildman–Crippen LogP) is 2.94. The number of rotatable bonds is 10. The molecule has 0 aliphatic rings. The highest BCUT2D eigenvalue weighted by atomic mass is 16.5. The highest BCUT2D eigenvalue weighted by Crippen LogP contribution is 2.18. The Morgan fingerprint density at radius 2 is 1.90 bits per heavy atom. The second-order valence-electron chi connectivity index (χ2n) is 4.98. The van der Waals surface area contributed by atoms with Gasteiger partial charge in [-0.1, -0.05) is 39.3 Å². The van der Waals surface area contributed by atoms with E-state index in [1.807, 2.05) is 24.3 Å². The van der Waals surface area contributed by atoms with Crippen LogP contribution < -0.4 is 10.1 Å². The fourth-order valence-electron chi connectivity index (χ4n) is 2.07. The summed E-state index contributed by atoms with van der Waals surface area (Å²) >= 11 is 0. The molecule has 0 atom stereocenters. The van der Waals surface area contributed by atoms with Gasteiger partial charge in [-0.3, -0.25) is 4.79 Å². The maximum absolute atomic E-state index is 12.2. The van der Waals surface area contributed by atoms with Gasteiger partial charge >= 0.3 is 0 Å². The van der Waals surface area contributed by atoms with Gasteiger partial charge in [-0.15, -0.1) is 0 Å². The Hall–Kier alpha value is -1.55. The summed E-state index contributed by atoms with van der Waals surface area (Å²) in [5, 5.41) is 2.97. The number of nitrogens with one attached hydrogen (secondary N) is 1. The Labute approximate surface area is 128 Å². The molecule has 0 aliphatic carbocycles. The molecule has 118 valence electrons. The van der Waals surface area contributed by atoms with Crippen molar-refractivity contribution in [2.45, 2.75) is 33.6 Å². The van der Waals surface area contributed by atoms with Crippen LogP contribution in [0.15, 0.2) is 24.3 Å². The molecule has 1 rings (SSSR count). The van der Waals surface area contributed by atoms with Gasteiger partial charge in [0.2, 0.25) is 0 Å². The van der Waals surface area contributed by atoms with Crippen LogP contribution in [-0.4, -0.2) is 43.6 Å². The minimum absolute atomic E-state index is 0.0609. The van der Waals surface area contributed by atoms with Crippen LogP contribution in [0.5, 0.6) is 5.75 Å². The van der Waals surface area contributed by atoms with Crippen LogP contribution in [0.1, 0.15) is 44.0 Å². The maximum atomic E-state index is 12.2. The molecule has 0 unspecified atom stereocenters. The maximum Gasteiger partial charge on any atom is 0.255 e. The van der Waals surface area contributed by atoms with Gasteiger partial charge < -0.3 is 15.0 Å². The average Bonchev–Trinajstić information content (AvgIpc) is 2.52. The Balaban J connectivity index is 2.53. The molecule has 0 radical (unpaired) electrons. The molecule has 0 saturated carbocycles. The predicted molar refractivity (Wildman–Crippen MR) is 87.0 cm³/mol. The molecule has 1 N–H and O–H groups in total. The largest absolute Gasteiger partial charge is 0.493 e. The Bertz CT molecular complexity index is 417. The van der Waals surface area contributed by atoms with Gasteiger partial charge in [0, 0.05) is 13.1 Å². The van der Waals surface area contributed by atoms with Gasteiger partial charge in [0.25, 0.3) is 5.91 Å². The SMILES string of the molecule is CCCCOc1ccccc1C(=O)NCCN(CC)CC. The highest BCUT2D eigenvalue weighted by molar-refractivity contribution is 5.96. The van der Waals surface area contributed by atoms with Crippen LogP contribution in [-0.2, 0) is 0 Å². The van der Waals surface area contributed by atoms with E-state index in [-0.39, 0.29) is 5.91 Å². The molecule has 21 heavy (non-hydrogen) atoms. The number of carbonyl (C=O) groups is 1. The molecule has 0 aromatic heterocycles. The molecule has 0 spiro atoms. The lowest BCUT2D eigenvalue weighted by atomic mass is 10.2. The third-order valence-corrected chi connectivity index (χ3v) is 3.50. The zero-order chi connectivity index (χ0) is 15.5. The number of ether oxygens (including phenoxy) is 1. The van der Waals surface area contributed by atoms with E-state index in [0.717, 1.165) is 32.5 Å². The minimum atomic E-state index is -0.0609. The van der Waals surface area contributed by atoms with Crippen molar-refractivity contribution in [3.63, 3.8) is 0 Å². The normalized spacial score (nSPS) is 10.7. The first kappa shape index (κ1) is 17.5. The van der Waals surface area contributed by atoms with Gasteiger partial charge in [0.15, 0.2) is 0 Å². The van der Waals surface area contributed by atoms with Gasteiger partial charge in [-0.2, -0.15) is 0 Å². The zero-order valence-electron chi connectivity index (χ0n) is 13.5. The van der Waals surface area contributed by atoms with Crippen molar-refractivity contribution in [3.05, 3.63) is 29.8 Å². The van der Waals surface area contributed by atoms with E-state index in [9.17, 15) is 4.79 Å². The summed E-state index contributed by atoms with van der Waals surface area (Å²) in [5.41, 5.74) is 0.619. The van der Waals surface area contributed by atoms with Crippen molar-refractivity contribution in [1.82, 2.24) is 10.2 Å². The number of para-hydroxylation sites is 1. The Morgan fingerprint density at radius 3 is 2.57 bits per heavy atom. The average molecular weight is 292 g/mol. The molecule has 0 bridgehead atoms. The standard InChI is InChI=1S/C17H28N2O2/c1-4-7-14-21-16-11-9-8-10-15(16)17(20)18-12-13-19(5-2)6-3/h8-11H,4-7,12-14H2,1-3H3,(H,18,20). The molecule has 1 amide bonds. The van der Waals surface area contributed by atoms with Gasteiger partial charge in [-0.25, -0.2) is 0 Å². The van der Waals surface area contributed by atoms with E-state index < -0.39 is 0 Å². The first-order valence-corrected chi connectivity index (χ1v) is 7.95. The van der Waals surface area contributed by atoms with Gasteiger partial charge in [-0.05, 0) is 31.6 Å².